The Morgan fingerprint density at radius 3 is 2.64 bits per heavy atom. The molecule has 1 amide bonds. The van der Waals surface area contributed by atoms with Crippen molar-refractivity contribution in [1.82, 2.24) is 0 Å². The Morgan fingerprint density at radius 2 is 1.91 bits per heavy atom. The van der Waals surface area contributed by atoms with Crippen molar-refractivity contribution in [2.45, 2.75) is 0 Å². The summed E-state index contributed by atoms with van der Waals surface area (Å²) in [5, 5.41) is 2.72. The number of ether oxygens (including phenoxy) is 2. The lowest BCUT2D eigenvalue weighted by Gasteiger charge is -2.08. The number of nitrogens with one attached hydrogen (secondary N) is 1. The van der Waals surface area contributed by atoms with Crippen LogP contribution in [-0.2, 0) is 9.53 Å². The van der Waals surface area contributed by atoms with Crippen molar-refractivity contribution < 1.29 is 19.1 Å². The fourth-order valence-electron chi connectivity index (χ4n) is 1.74. The summed E-state index contributed by atoms with van der Waals surface area (Å²) < 4.78 is 10.9. The average molecular weight is 364 g/mol. The standard InChI is InChI=1S/C16H14BrNO4/c1-21-16(20)11-4-2-7-14(8-11)22-10-15(19)18-13-6-3-5-12(17)9-13/h2-9H,10H2,1H3,(H,18,19). The van der Waals surface area contributed by atoms with Crippen LogP contribution in [0.4, 0.5) is 5.69 Å². The molecule has 6 heteroatoms. The third kappa shape index (κ3) is 4.60. The van der Waals surface area contributed by atoms with Crippen molar-refractivity contribution >= 4 is 33.5 Å². The monoisotopic (exact) mass is 363 g/mol. The highest BCUT2D eigenvalue weighted by Gasteiger charge is 2.08. The van der Waals surface area contributed by atoms with Crippen LogP contribution in [0.15, 0.2) is 53.0 Å². The van der Waals surface area contributed by atoms with Gasteiger partial charge < -0.3 is 14.8 Å². The first-order valence-corrected chi connectivity index (χ1v) is 7.24. The summed E-state index contributed by atoms with van der Waals surface area (Å²) in [6.07, 6.45) is 0. The zero-order chi connectivity index (χ0) is 15.9. The zero-order valence-corrected chi connectivity index (χ0v) is 13.4. The minimum absolute atomic E-state index is 0.156. The average Bonchev–Trinajstić information content (AvgIpc) is 2.52. The second kappa shape index (κ2) is 7.61. The highest BCUT2D eigenvalue weighted by atomic mass is 79.9. The number of esters is 1. The summed E-state index contributed by atoms with van der Waals surface area (Å²) in [6.45, 7) is -0.156. The number of halogens is 1. The highest BCUT2D eigenvalue weighted by molar-refractivity contribution is 9.10. The van der Waals surface area contributed by atoms with Crippen molar-refractivity contribution in [2.75, 3.05) is 19.0 Å². The van der Waals surface area contributed by atoms with E-state index in [9.17, 15) is 9.59 Å². The number of benzene rings is 2. The third-order valence-corrected chi connectivity index (χ3v) is 3.23. The van der Waals surface area contributed by atoms with E-state index in [1.807, 2.05) is 12.1 Å². The quantitative estimate of drug-likeness (QED) is 0.828. The molecule has 0 bridgehead atoms. The van der Waals surface area contributed by atoms with E-state index in [2.05, 4.69) is 26.0 Å². The van der Waals surface area contributed by atoms with Crippen LogP contribution in [-0.4, -0.2) is 25.6 Å². The Labute approximate surface area is 136 Å². The molecule has 5 nitrogen and oxygen atoms in total. The van der Waals surface area contributed by atoms with E-state index < -0.39 is 5.97 Å². The van der Waals surface area contributed by atoms with E-state index in [1.54, 1.807) is 30.3 Å². The Morgan fingerprint density at radius 1 is 1.14 bits per heavy atom. The van der Waals surface area contributed by atoms with Gasteiger partial charge in [-0.15, -0.1) is 0 Å². The van der Waals surface area contributed by atoms with Crippen LogP contribution in [0.1, 0.15) is 10.4 Å². The lowest BCUT2D eigenvalue weighted by Crippen LogP contribution is -2.20. The van der Waals surface area contributed by atoms with Gasteiger partial charge in [-0.05, 0) is 36.4 Å². The van der Waals surface area contributed by atoms with Gasteiger partial charge in [0.15, 0.2) is 6.61 Å². The van der Waals surface area contributed by atoms with Crippen molar-refractivity contribution in [3.05, 3.63) is 58.6 Å². The molecule has 1 N–H and O–H groups in total. The fourth-order valence-corrected chi connectivity index (χ4v) is 2.14. The van der Waals surface area contributed by atoms with Crippen LogP contribution in [0, 0.1) is 0 Å². The summed E-state index contributed by atoms with van der Waals surface area (Å²) in [6, 6.07) is 13.7. The van der Waals surface area contributed by atoms with Gasteiger partial charge in [-0.3, -0.25) is 4.79 Å². The Balaban J connectivity index is 1.92. The molecule has 0 aromatic heterocycles. The first-order chi connectivity index (χ1) is 10.6. The van der Waals surface area contributed by atoms with Crippen molar-refractivity contribution in [2.24, 2.45) is 0 Å². The lowest BCUT2D eigenvalue weighted by molar-refractivity contribution is -0.118. The van der Waals surface area contributed by atoms with E-state index in [0.717, 1.165) is 4.47 Å². The largest absolute Gasteiger partial charge is 0.484 e. The summed E-state index contributed by atoms with van der Waals surface area (Å²) in [4.78, 5) is 23.2. The minimum Gasteiger partial charge on any atom is -0.484 e. The molecule has 0 aliphatic carbocycles. The molecule has 0 aliphatic heterocycles. The molecular formula is C16H14BrNO4. The molecule has 0 unspecified atom stereocenters. The SMILES string of the molecule is COC(=O)c1cccc(OCC(=O)Nc2cccc(Br)c2)c1. The molecule has 2 aromatic carbocycles. The maximum absolute atomic E-state index is 11.8. The molecule has 0 radical (unpaired) electrons. The van der Waals surface area contributed by atoms with E-state index in [4.69, 9.17) is 4.74 Å². The molecule has 0 spiro atoms. The van der Waals surface area contributed by atoms with E-state index in [-0.39, 0.29) is 12.5 Å². The van der Waals surface area contributed by atoms with Crippen LogP contribution in [0.25, 0.3) is 0 Å². The van der Waals surface area contributed by atoms with Crippen LogP contribution in [0.2, 0.25) is 0 Å². The van der Waals surface area contributed by atoms with Gasteiger partial charge in [0.25, 0.3) is 5.91 Å². The molecule has 22 heavy (non-hydrogen) atoms. The van der Waals surface area contributed by atoms with Gasteiger partial charge >= 0.3 is 5.97 Å². The number of methoxy groups -OCH3 is 1. The topological polar surface area (TPSA) is 64.6 Å². The molecule has 0 fully saturated rings. The first-order valence-electron chi connectivity index (χ1n) is 6.45. The summed E-state index contributed by atoms with van der Waals surface area (Å²) >= 11 is 3.33. The normalized spacial score (nSPS) is 9.91. The van der Waals surface area contributed by atoms with Crippen molar-refractivity contribution in [3.63, 3.8) is 0 Å². The molecule has 0 saturated carbocycles. The molecule has 0 saturated heterocycles. The van der Waals surface area contributed by atoms with Crippen LogP contribution in [0.3, 0.4) is 0 Å². The minimum atomic E-state index is -0.455. The molecule has 0 atom stereocenters. The van der Waals surface area contributed by atoms with E-state index >= 15 is 0 Å². The highest BCUT2D eigenvalue weighted by Crippen LogP contribution is 2.16. The third-order valence-electron chi connectivity index (χ3n) is 2.73. The second-order valence-corrected chi connectivity index (χ2v) is 5.28. The number of amides is 1. The van der Waals surface area contributed by atoms with Gasteiger partial charge in [-0.2, -0.15) is 0 Å². The van der Waals surface area contributed by atoms with E-state index in [1.165, 1.54) is 13.2 Å². The molecular weight excluding hydrogens is 350 g/mol. The predicted molar refractivity (Wildman–Crippen MR) is 86.0 cm³/mol. The molecule has 114 valence electrons. The molecule has 0 heterocycles. The maximum atomic E-state index is 11.8. The van der Waals surface area contributed by atoms with Crippen LogP contribution < -0.4 is 10.1 Å². The number of carbonyl (C=O) groups is 2. The van der Waals surface area contributed by atoms with Crippen LogP contribution in [0.5, 0.6) is 5.75 Å². The fraction of sp³-hybridized carbons (Fsp3) is 0.125. The number of hydrogen-bond acceptors (Lipinski definition) is 4. The molecule has 2 aromatic rings. The van der Waals surface area contributed by atoms with Gasteiger partial charge in [-0.1, -0.05) is 28.1 Å². The van der Waals surface area contributed by atoms with Gasteiger partial charge in [-0.25, -0.2) is 4.79 Å². The van der Waals surface area contributed by atoms with Gasteiger partial charge in [0, 0.05) is 10.2 Å². The van der Waals surface area contributed by atoms with Crippen molar-refractivity contribution in [1.29, 1.82) is 0 Å². The Hall–Kier alpha value is -2.34. The van der Waals surface area contributed by atoms with Gasteiger partial charge in [0.1, 0.15) is 5.75 Å². The van der Waals surface area contributed by atoms with Crippen LogP contribution >= 0.6 is 15.9 Å². The van der Waals surface area contributed by atoms with Gasteiger partial charge in [0.2, 0.25) is 0 Å². The van der Waals surface area contributed by atoms with Gasteiger partial charge in [0.05, 0.1) is 12.7 Å². The first kappa shape index (κ1) is 16.0. The Kier molecular flexibility index (Phi) is 5.55. The Bertz CT molecular complexity index is 687. The summed E-state index contributed by atoms with van der Waals surface area (Å²) in [5.74, 6) is -0.321. The number of rotatable bonds is 5. The summed E-state index contributed by atoms with van der Waals surface area (Å²) in [5.41, 5.74) is 1.04. The predicted octanol–water partition coefficient (Wildman–Crippen LogP) is 3.25. The molecule has 0 aliphatic rings. The van der Waals surface area contributed by atoms with Crippen molar-refractivity contribution in [3.8, 4) is 5.75 Å². The maximum Gasteiger partial charge on any atom is 0.337 e. The second-order valence-electron chi connectivity index (χ2n) is 4.37. The zero-order valence-electron chi connectivity index (χ0n) is 11.8. The molecule has 2 rings (SSSR count). The number of carbonyl (C=O) groups excluding carboxylic acids is 2. The van der Waals surface area contributed by atoms with E-state index in [0.29, 0.717) is 17.0 Å². The summed E-state index contributed by atoms with van der Waals surface area (Å²) in [7, 11) is 1.31. The number of hydrogen-bond donors (Lipinski definition) is 1. The lowest BCUT2D eigenvalue weighted by atomic mass is 10.2. The smallest absolute Gasteiger partial charge is 0.337 e. The number of anilines is 1.